The van der Waals surface area contributed by atoms with E-state index in [1.54, 1.807) is 6.07 Å². The van der Waals surface area contributed by atoms with Crippen molar-refractivity contribution in [2.45, 2.75) is 23.5 Å². The summed E-state index contributed by atoms with van der Waals surface area (Å²) in [7, 11) is 0. The number of rotatable bonds is 4. The molecular weight excluding hydrogens is 274 g/mol. The van der Waals surface area contributed by atoms with E-state index in [1.165, 1.54) is 11.8 Å². The highest BCUT2D eigenvalue weighted by molar-refractivity contribution is 7.99. The lowest BCUT2D eigenvalue weighted by Crippen LogP contribution is -2.10. The van der Waals surface area contributed by atoms with Gasteiger partial charge in [0.05, 0.1) is 0 Å². The molecule has 0 aliphatic carbocycles. The van der Waals surface area contributed by atoms with Crippen LogP contribution < -0.4 is 11.3 Å². The van der Waals surface area contributed by atoms with Gasteiger partial charge in [-0.05, 0) is 23.9 Å². The predicted molar refractivity (Wildman–Crippen MR) is 76.3 cm³/mol. The van der Waals surface area contributed by atoms with Crippen molar-refractivity contribution in [2.75, 3.05) is 5.43 Å². The van der Waals surface area contributed by atoms with Gasteiger partial charge in [0.2, 0.25) is 5.16 Å². The van der Waals surface area contributed by atoms with Crippen LogP contribution in [0.15, 0.2) is 40.6 Å². The van der Waals surface area contributed by atoms with Crippen LogP contribution in [0.4, 0.5) is 5.82 Å². The van der Waals surface area contributed by atoms with Gasteiger partial charge >= 0.3 is 0 Å². The fourth-order valence-corrected chi connectivity index (χ4v) is 2.58. The first-order valence-corrected chi connectivity index (χ1v) is 6.94. The van der Waals surface area contributed by atoms with Crippen molar-refractivity contribution in [3.63, 3.8) is 0 Å². The Balaban J connectivity index is 1.98. The summed E-state index contributed by atoms with van der Waals surface area (Å²) in [6, 6.07) is 7.55. The third-order valence-electron chi connectivity index (χ3n) is 2.69. The molecule has 0 aromatic carbocycles. The van der Waals surface area contributed by atoms with Gasteiger partial charge in [0.15, 0.2) is 5.65 Å². The van der Waals surface area contributed by atoms with Crippen LogP contribution in [0.25, 0.3) is 5.65 Å². The number of aryl methyl sites for hydroxylation is 1. The normalized spacial score (nSPS) is 10.9. The van der Waals surface area contributed by atoms with E-state index in [1.807, 2.05) is 35.7 Å². The molecule has 0 bridgehead atoms. The highest BCUT2D eigenvalue weighted by atomic mass is 32.2. The summed E-state index contributed by atoms with van der Waals surface area (Å²) in [5, 5.41) is 9.81. The molecule has 0 unspecified atom stereocenters. The van der Waals surface area contributed by atoms with E-state index in [4.69, 9.17) is 5.84 Å². The molecule has 7 nitrogen and oxygen atoms in total. The third-order valence-corrected chi connectivity index (χ3v) is 3.57. The van der Waals surface area contributed by atoms with Crippen LogP contribution in [0, 0.1) is 0 Å². The molecule has 0 saturated heterocycles. The van der Waals surface area contributed by atoms with E-state index < -0.39 is 0 Å². The molecule has 8 heteroatoms. The van der Waals surface area contributed by atoms with Crippen LogP contribution >= 0.6 is 11.8 Å². The van der Waals surface area contributed by atoms with Crippen LogP contribution in [-0.2, 0) is 6.42 Å². The van der Waals surface area contributed by atoms with Crippen molar-refractivity contribution >= 4 is 23.2 Å². The van der Waals surface area contributed by atoms with Crippen LogP contribution in [0.3, 0.4) is 0 Å². The highest BCUT2D eigenvalue weighted by Crippen LogP contribution is 2.26. The van der Waals surface area contributed by atoms with E-state index in [0.29, 0.717) is 5.82 Å². The molecular formula is C12H13N7S. The molecule has 0 amide bonds. The van der Waals surface area contributed by atoms with E-state index in [-0.39, 0.29) is 0 Å². The van der Waals surface area contributed by atoms with E-state index in [9.17, 15) is 0 Å². The van der Waals surface area contributed by atoms with Gasteiger partial charge in [-0.2, -0.15) is 0 Å². The van der Waals surface area contributed by atoms with Gasteiger partial charge in [-0.15, -0.1) is 10.2 Å². The molecule has 0 aliphatic heterocycles. The van der Waals surface area contributed by atoms with Gasteiger partial charge in [-0.3, -0.25) is 4.40 Å². The number of nitrogens with zero attached hydrogens (tertiary/aromatic N) is 5. The fraction of sp³-hybridized carbons (Fsp3) is 0.167. The first-order chi connectivity index (χ1) is 9.80. The van der Waals surface area contributed by atoms with Crippen molar-refractivity contribution in [1.82, 2.24) is 24.6 Å². The quantitative estimate of drug-likeness (QED) is 0.427. The molecule has 0 aliphatic rings. The maximum atomic E-state index is 5.42. The smallest absolute Gasteiger partial charge is 0.201 e. The number of aromatic nitrogens is 5. The maximum Gasteiger partial charge on any atom is 0.201 e. The Morgan fingerprint density at radius 2 is 2.20 bits per heavy atom. The van der Waals surface area contributed by atoms with Gasteiger partial charge in [0.1, 0.15) is 16.7 Å². The van der Waals surface area contributed by atoms with Crippen molar-refractivity contribution < 1.29 is 0 Å². The van der Waals surface area contributed by atoms with Crippen molar-refractivity contribution in [3.8, 4) is 0 Å². The Hall–Kier alpha value is -2.19. The summed E-state index contributed by atoms with van der Waals surface area (Å²) < 4.78 is 1.91. The number of nitrogens with one attached hydrogen (secondary N) is 1. The second-order valence-corrected chi connectivity index (χ2v) is 5.01. The van der Waals surface area contributed by atoms with Crippen LogP contribution in [0.1, 0.15) is 12.7 Å². The van der Waals surface area contributed by atoms with Gasteiger partial charge in [0, 0.05) is 18.7 Å². The molecule has 0 fully saturated rings. The largest absolute Gasteiger partial charge is 0.308 e. The maximum absolute atomic E-state index is 5.42. The SMILES string of the molecule is CCc1nc(NN)cc(Sc2nnc3ccccn23)n1. The number of pyridine rings is 1. The Morgan fingerprint density at radius 1 is 1.30 bits per heavy atom. The Kier molecular flexibility index (Phi) is 3.48. The average molecular weight is 287 g/mol. The van der Waals surface area contributed by atoms with Crippen LogP contribution in [0.5, 0.6) is 0 Å². The van der Waals surface area contributed by atoms with Gasteiger partial charge in [-0.25, -0.2) is 15.8 Å². The lowest BCUT2D eigenvalue weighted by atomic mass is 10.4. The zero-order valence-electron chi connectivity index (χ0n) is 10.8. The highest BCUT2D eigenvalue weighted by Gasteiger charge is 2.10. The predicted octanol–water partition coefficient (Wildman–Crippen LogP) is 1.52. The number of fused-ring (bicyclic) bond motifs is 1. The molecule has 0 spiro atoms. The van der Waals surface area contributed by atoms with Gasteiger partial charge in [-0.1, -0.05) is 13.0 Å². The lowest BCUT2D eigenvalue weighted by Gasteiger charge is -2.05. The second kappa shape index (κ2) is 5.43. The number of anilines is 1. The first-order valence-electron chi connectivity index (χ1n) is 6.12. The average Bonchev–Trinajstić information content (AvgIpc) is 2.90. The Labute approximate surface area is 119 Å². The van der Waals surface area contributed by atoms with Crippen molar-refractivity contribution in [1.29, 1.82) is 0 Å². The molecule has 20 heavy (non-hydrogen) atoms. The fourth-order valence-electron chi connectivity index (χ4n) is 1.74. The van der Waals surface area contributed by atoms with Crippen LogP contribution in [0.2, 0.25) is 0 Å². The molecule has 3 heterocycles. The van der Waals surface area contributed by atoms with Gasteiger partial charge in [0.25, 0.3) is 0 Å². The first kappa shape index (κ1) is 12.8. The molecule has 0 saturated carbocycles. The minimum atomic E-state index is 0.591. The van der Waals surface area contributed by atoms with Crippen molar-refractivity contribution in [2.24, 2.45) is 5.84 Å². The third kappa shape index (κ3) is 2.43. The topological polar surface area (TPSA) is 94.0 Å². The molecule has 3 aromatic heterocycles. The number of hydrogen-bond acceptors (Lipinski definition) is 7. The van der Waals surface area contributed by atoms with Crippen LogP contribution in [-0.4, -0.2) is 24.6 Å². The van der Waals surface area contributed by atoms with E-state index in [2.05, 4.69) is 25.6 Å². The number of hydrogen-bond donors (Lipinski definition) is 2. The zero-order valence-corrected chi connectivity index (χ0v) is 11.6. The number of nitrogen functional groups attached to an aromatic ring is 1. The summed E-state index contributed by atoms with van der Waals surface area (Å²) in [5.74, 6) is 6.75. The monoisotopic (exact) mass is 287 g/mol. The summed E-state index contributed by atoms with van der Waals surface area (Å²) in [5.41, 5.74) is 3.35. The zero-order chi connectivity index (χ0) is 13.9. The molecule has 102 valence electrons. The molecule has 3 N–H and O–H groups in total. The second-order valence-electron chi connectivity index (χ2n) is 4.02. The molecule has 3 rings (SSSR count). The number of hydrazine groups is 1. The Morgan fingerprint density at radius 3 is 3.00 bits per heavy atom. The minimum absolute atomic E-state index is 0.591. The summed E-state index contributed by atoms with van der Waals surface area (Å²) in [4.78, 5) is 8.72. The number of nitrogens with two attached hydrogens (primary N) is 1. The lowest BCUT2D eigenvalue weighted by molar-refractivity contribution is 0.876. The summed E-state index contributed by atoms with van der Waals surface area (Å²) >= 11 is 1.43. The molecule has 3 aromatic rings. The molecule has 0 radical (unpaired) electrons. The van der Waals surface area contributed by atoms with E-state index in [0.717, 1.165) is 28.1 Å². The molecule has 0 atom stereocenters. The standard InChI is InChI=1S/C12H13N7S/c1-2-8-14-9(16-13)7-11(15-8)20-12-18-17-10-5-3-4-6-19(10)12/h3-7H,2,13H2,1H3,(H,14,15,16). The van der Waals surface area contributed by atoms with E-state index >= 15 is 0 Å². The Bertz CT molecular complexity index is 717. The van der Waals surface area contributed by atoms with Crippen molar-refractivity contribution in [3.05, 3.63) is 36.3 Å². The van der Waals surface area contributed by atoms with Gasteiger partial charge < -0.3 is 5.43 Å². The summed E-state index contributed by atoms with van der Waals surface area (Å²) in [6.07, 6.45) is 2.66. The minimum Gasteiger partial charge on any atom is -0.308 e. The summed E-state index contributed by atoms with van der Waals surface area (Å²) in [6.45, 7) is 2.00.